The number of carbonyl (C=O) groups is 2. The highest BCUT2D eigenvalue weighted by molar-refractivity contribution is 5.93. The number of hydrogen-bond acceptors (Lipinski definition) is 4. The second-order valence-corrected chi connectivity index (χ2v) is 3.91. The quantitative estimate of drug-likeness (QED) is 0.703. The minimum atomic E-state index is -1.12. The van der Waals surface area contributed by atoms with E-state index in [1.807, 2.05) is 0 Å². The van der Waals surface area contributed by atoms with E-state index in [1.165, 1.54) is 18.3 Å². The molecule has 1 aromatic heterocycles. The lowest BCUT2D eigenvalue weighted by Crippen LogP contribution is -2.43. The second kappa shape index (κ2) is 4.82. The Hall–Kier alpha value is -2.11. The minimum absolute atomic E-state index is 0.284. The molecular formula is C11H15N3O3. The molecule has 1 rings (SSSR count). The Labute approximate surface area is 98.8 Å². The van der Waals surface area contributed by atoms with Crippen LogP contribution in [0.5, 0.6) is 0 Å². The Kier molecular flexibility index (Phi) is 3.67. The third-order valence-electron chi connectivity index (χ3n) is 2.63. The number of carboxylic acid groups (broad SMARTS) is 1. The van der Waals surface area contributed by atoms with Gasteiger partial charge in [-0.2, -0.15) is 0 Å². The van der Waals surface area contributed by atoms with Crippen molar-refractivity contribution in [1.82, 2.24) is 4.98 Å². The molecule has 0 radical (unpaired) electrons. The molecule has 92 valence electrons. The maximum atomic E-state index is 11.1. The number of nitrogens with one attached hydrogen (secondary N) is 1. The van der Waals surface area contributed by atoms with Crippen LogP contribution in [0.25, 0.3) is 0 Å². The van der Waals surface area contributed by atoms with E-state index in [2.05, 4.69) is 10.3 Å². The van der Waals surface area contributed by atoms with E-state index in [4.69, 9.17) is 10.8 Å². The largest absolute Gasteiger partial charge is 0.480 e. The second-order valence-electron chi connectivity index (χ2n) is 3.91. The van der Waals surface area contributed by atoms with Crippen LogP contribution in [0, 0.1) is 0 Å². The first-order valence-electron chi connectivity index (χ1n) is 5.16. The van der Waals surface area contributed by atoms with Crippen LogP contribution in [0.3, 0.4) is 0 Å². The SMILES string of the molecule is CCC(C)(Nc1cc(C(N)=O)ccn1)C(=O)O. The zero-order chi connectivity index (χ0) is 13.1. The van der Waals surface area contributed by atoms with Crippen LogP contribution in [-0.2, 0) is 4.79 Å². The molecule has 6 heteroatoms. The van der Waals surface area contributed by atoms with Crippen LogP contribution in [-0.4, -0.2) is 27.5 Å². The number of pyridine rings is 1. The van der Waals surface area contributed by atoms with E-state index >= 15 is 0 Å². The summed E-state index contributed by atoms with van der Waals surface area (Å²) in [4.78, 5) is 26.0. The molecule has 1 amide bonds. The van der Waals surface area contributed by atoms with Crippen molar-refractivity contribution in [3.8, 4) is 0 Å². The molecule has 0 aliphatic rings. The number of hydrogen-bond donors (Lipinski definition) is 3. The summed E-state index contributed by atoms with van der Waals surface area (Å²) in [5, 5.41) is 11.9. The van der Waals surface area contributed by atoms with Crippen LogP contribution in [0.15, 0.2) is 18.3 Å². The average Bonchev–Trinajstić information content (AvgIpc) is 2.29. The van der Waals surface area contributed by atoms with Gasteiger partial charge in [0.15, 0.2) is 0 Å². The van der Waals surface area contributed by atoms with Gasteiger partial charge in [0, 0.05) is 11.8 Å². The fraction of sp³-hybridized carbons (Fsp3) is 0.364. The molecule has 6 nitrogen and oxygen atoms in total. The number of rotatable bonds is 5. The summed E-state index contributed by atoms with van der Waals surface area (Å²) in [6, 6.07) is 2.90. The van der Waals surface area contributed by atoms with E-state index in [-0.39, 0.29) is 5.56 Å². The van der Waals surface area contributed by atoms with Crippen molar-refractivity contribution in [3.63, 3.8) is 0 Å². The number of nitrogens with zero attached hydrogens (tertiary/aromatic N) is 1. The third kappa shape index (κ3) is 2.93. The molecule has 1 aromatic rings. The van der Waals surface area contributed by atoms with Crippen molar-refractivity contribution < 1.29 is 14.7 Å². The number of amides is 1. The van der Waals surface area contributed by atoms with Gasteiger partial charge in [-0.05, 0) is 25.5 Å². The average molecular weight is 237 g/mol. The Morgan fingerprint density at radius 1 is 1.59 bits per heavy atom. The molecule has 0 aliphatic carbocycles. The third-order valence-corrected chi connectivity index (χ3v) is 2.63. The molecule has 0 saturated heterocycles. The molecule has 0 spiro atoms. The summed E-state index contributed by atoms with van der Waals surface area (Å²) in [6.07, 6.45) is 1.78. The highest BCUT2D eigenvalue weighted by Gasteiger charge is 2.31. The number of aromatic nitrogens is 1. The molecule has 0 saturated carbocycles. The van der Waals surface area contributed by atoms with Gasteiger partial charge in [-0.3, -0.25) is 4.79 Å². The summed E-state index contributed by atoms with van der Waals surface area (Å²) in [6.45, 7) is 3.30. The van der Waals surface area contributed by atoms with Gasteiger partial charge in [-0.15, -0.1) is 0 Å². The smallest absolute Gasteiger partial charge is 0.329 e. The van der Waals surface area contributed by atoms with E-state index in [0.29, 0.717) is 12.2 Å². The molecule has 17 heavy (non-hydrogen) atoms. The van der Waals surface area contributed by atoms with Gasteiger partial charge in [0.1, 0.15) is 11.4 Å². The Bertz CT molecular complexity index is 447. The lowest BCUT2D eigenvalue weighted by Gasteiger charge is -2.25. The summed E-state index contributed by atoms with van der Waals surface area (Å²) in [5.74, 6) is -1.25. The van der Waals surface area contributed by atoms with Crippen molar-refractivity contribution in [1.29, 1.82) is 0 Å². The Morgan fingerprint density at radius 3 is 2.71 bits per heavy atom. The number of carbonyl (C=O) groups excluding carboxylic acids is 1. The molecule has 4 N–H and O–H groups in total. The number of carboxylic acids is 1. The topological polar surface area (TPSA) is 105 Å². The zero-order valence-corrected chi connectivity index (χ0v) is 9.73. The van der Waals surface area contributed by atoms with Crippen LogP contribution in [0.2, 0.25) is 0 Å². The summed E-state index contributed by atoms with van der Waals surface area (Å²) in [5.41, 5.74) is 4.29. The normalized spacial score (nSPS) is 13.8. The summed E-state index contributed by atoms with van der Waals surface area (Å²) < 4.78 is 0. The van der Waals surface area contributed by atoms with E-state index in [9.17, 15) is 9.59 Å². The Balaban J connectivity index is 2.98. The van der Waals surface area contributed by atoms with E-state index < -0.39 is 17.4 Å². The van der Waals surface area contributed by atoms with Gasteiger partial charge >= 0.3 is 5.97 Å². The molecule has 0 bridgehead atoms. The van der Waals surface area contributed by atoms with Crippen LogP contribution in [0.1, 0.15) is 30.6 Å². The van der Waals surface area contributed by atoms with Gasteiger partial charge < -0.3 is 16.2 Å². The first kappa shape index (κ1) is 13.0. The summed E-state index contributed by atoms with van der Waals surface area (Å²) >= 11 is 0. The van der Waals surface area contributed by atoms with Crippen LogP contribution >= 0.6 is 0 Å². The highest BCUT2D eigenvalue weighted by Crippen LogP contribution is 2.17. The molecule has 0 aromatic carbocycles. The molecule has 1 heterocycles. The number of primary amides is 1. The maximum Gasteiger partial charge on any atom is 0.329 e. The number of aliphatic carboxylic acids is 1. The van der Waals surface area contributed by atoms with Crippen molar-refractivity contribution in [2.75, 3.05) is 5.32 Å². The van der Waals surface area contributed by atoms with Gasteiger partial charge in [0.25, 0.3) is 0 Å². The Morgan fingerprint density at radius 2 is 2.24 bits per heavy atom. The lowest BCUT2D eigenvalue weighted by atomic mass is 9.99. The number of anilines is 1. The van der Waals surface area contributed by atoms with Crippen LogP contribution in [0.4, 0.5) is 5.82 Å². The molecule has 1 atom stereocenters. The molecular weight excluding hydrogens is 222 g/mol. The molecule has 0 aliphatic heterocycles. The fourth-order valence-corrected chi connectivity index (χ4v) is 1.23. The van der Waals surface area contributed by atoms with Crippen LogP contribution < -0.4 is 11.1 Å². The summed E-state index contributed by atoms with van der Waals surface area (Å²) in [7, 11) is 0. The lowest BCUT2D eigenvalue weighted by molar-refractivity contribution is -0.141. The van der Waals surface area contributed by atoms with E-state index in [0.717, 1.165) is 0 Å². The van der Waals surface area contributed by atoms with Crippen molar-refractivity contribution in [2.24, 2.45) is 5.73 Å². The van der Waals surface area contributed by atoms with Crippen molar-refractivity contribution in [3.05, 3.63) is 23.9 Å². The van der Waals surface area contributed by atoms with Crippen molar-refractivity contribution >= 4 is 17.7 Å². The molecule has 1 unspecified atom stereocenters. The minimum Gasteiger partial charge on any atom is -0.480 e. The van der Waals surface area contributed by atoms with Gasteiger partial charge in [0.05, 0.1) is 0 Å². The van der Waals surface area contributed by atoms with E-state index in [1.54, 1.807) is 13.8 Å². The zero-order valence-electron chi connectivity index (χ0n) is 9.73. The van der Waals surface area contributed by atoms with Gasteiger partial charge in [-0.25, -0.2) is 9.78 Å². The first-order chi connectivity index (χ1) is 7.89. The number of nitrogens with two attached hydrogens (primary N) is 1. The molecule has 0 fully saturated rings. The first-order valence-corrected chi connectivity index (χ1v) is 5.16. The predicted molar refractivity (Wildman–Crippen MR) is 62.7 cm³/mol. The standard InChI is InChI=1S/C11H15N3O3/c1-3-11(2,10(16)17)14-8-6-7(9(12)15)4-5-13-8/h4-6H,3H2,1-2H3,(H2,12,15)(H,13,14)(H,16,17). The monoisotopic (exact) mass is 237 g/mol. The van der Waals surface area contributed by atoms with Crippen molar-refractivity contribution in [2.45, 2.75) is 25.8 Å². The highest BCUT2D eigenvalue weighted by atomic mass is 16.4. The maximum absolute atomic E-state index is 11.1. The fourth-order valence-electron chi connectivity index (χ4n) is 1.23. The predicted octanol–water partition coefficient (Wildman–Crippen LogP) is 0.846. The van der Waals surface area contributed by atoms with Gasteiger partial charge in [0.2, 0.25) is 5.91 Å². The van der Waals surface area contributed by atoms with Gasteiger partial charge in [-0.1, -0.05) is 6.92 Å².